The molecule has 0 saturated carbocycles. The summed E-state index contributed by atoms with van der Waals surface area (Å²) in [6.07, 6.45) is 1.92. The van der Waals surface area contributed by atoms with Crippen molar-refractivity contribution in [2.24, 2.45) is 0 Å². The summed E-state index contributed by atoms with van der Waals surface area (Å²) in [4.78, 5) is 12.0. The largest absolute Gasteiger partial charge is 0.493 e. The Bertz CT molecular complexity index is 672. The van der Waals surface area contributed by atoms with Crippen LogP contribution in [0.25, 0.3) is 0 Å². The number of carbonyl (C=O) groups is 1. The van der Waals surface area contributed by atoms with E-state index in [1.165, 1.54) is 0 Å². The Morgan fingerprint density at radius 2 is 2.04 bits per heavy atom. The molecule has 0 radical (unpaired) electrons. The first-order valence-corrected chi connectivity index (χ1v) is 7.89. The topological polar surface area (TPSA) is 67.1 Å². The highest BCUT2D eigenvalue weighted by Gasteiger charge is 2.19. The molecule has 1 aliphatic heterocycles. The summed E-state index contributed by atoms with van der Waals surface area (Å²) >= 11 is 0. The predicted molar refractivity (Wildman–Crippen MR) is 85.3 cm³/mol. The Morgan fingerprint density at radius 3 is 2.79 bits per heavy atom. The van der Waals surface area contributed by atoms with E-state index in [1.807, 2.05) is 18.2 Å². The van der Waals surface area contributed by atoms with Gasteiger partial charge in [0, 0.05) is 6.61 Å². The highest BCUT2D eigenvalue weighted by Crippen LogP contribution is 2.26. The zero-order valence-corrected chi connectivity index (χ0v) is 13.5. The molecule has 0 spiro atoms. The van der Waals surface area contributed by atoms with Gasteiger partial charge in [0.05, 0.1) is 13.2 Å². The van der Waals surface area contributed by atoms with Crippen molar-refractivity contribution >= 4 is 5.97 Å². The van der Waals surface area contributed by atoms with Gasteiger partial charge < -0.3 is 23.4 Å². The molecule has 3 rings (SSSR count). The zero-order valence-electron chi connectivity index (χ0n) is 13.5. The molecule has 0 unspecified atom stereocenters. The Balaban J connectivity index is 1.52. The summed E-state index contributed by atoms with van der Waals surface area (Å²) < 4.78 is 27.0. The minimum atomic E-state index is -0.492. The van der Waals surface area contributed by atoms with Gasteiger partial charge in [-0.2, -0.15) is 0 Å². The molecule has 1 aromatic carbocycles. The molecule has 1 fully saturated rings. The Morgan fingerprint density at radius 1 is 1.21 bits per heavy atom. The van der Waals surface area contributed by atoms with Crippen molar-refractivity contribution < 1.29 is 28.2 Å². The SMILES string of the molecule is COc1ccccc1OCc1ccc(C(=O)OC[C@H]2CCCO2)o1. The van der Waals surface area contributed by atoms with Crippen LogP contribution >= 0.6 is 0 Å². The Hall–Kier alpha value is -2.47. The molecule has 0 bridgehead atoms. The lowest BCUT2D eigenvalue weighted by molar-refractivity contribution is 0.0134. The first-order chi connectivity index (χ1) is 11.8. The molecular weight excluding hydrogens is 312 g/mol. The summed E-state index contributed by atoms with van der Waals surface area (Å²) in [7, 11) is 1.58. The maximum atomic E-state index is 12.0. The lowest BCUT2D eigenvalue weighted by Gasteiger charge is -2.09. The fraction of sp³-hybridized carbons (Fsp3) is 0.389. The van der Waals surface area contributed by atoms with Crippen LogP contribution in [0.2, 0.25) is 0 Å². The maximum absolute atomic E-state index is 12.0. The molecule has 0 N–H and O–H groups in total. The van der Waals surface area contributed by atoms with Gasteiger partial charge in [0.15, 0.2) is 11.5 Å². The summed E-state index contributed by atoms with van der Waals surface area (Å²) in [6, 6.07) is 10.6. The number of hydrogen-bond acceptors (Lipinski definition) is 6. The van der Waals surface area contributed by atoms with Gasteiger partial charge in [-0.15, -0.1) is 0 Å². The monoisotopic (exact) mass is 332 g/mol. The van der Waals surface area contributed by atoms with E-state index in [9.17, 15) is 4.79 Å². The van der Waals surface area contributed by atoms with Crippen LogP contribution in [0.5, 0.6) is 11.5 Å². The molecule has 2 heterocycles. The first kappa shape index (κ1) is 16.4. The molecule has 24 heavy (non-hydrogen) atoms. The second-order valence-electron chi connectivity index (χ2n) is 5.44. The number of methoxy groups -OCH3 is 1. The molecule has 2 aromatic rings. The Kier molecular flexibility index (Phi) is 5.38. The lowest BCUT2D eigenvalue weighted by Crippen LogP contribution is -2.17. The van der Waals surface area contributed by atoms with E-state index in [1.54, 1.807) is 25.3 Å². The van der Waals surface area contributed by atoms with Gasteiger partial charge in [0.2, 0.25) is 5.76 Å². The number of furan rings is 1. The molecule has 128 valence electrons. The van der Waals surface area contributed by atoms with Crippen LogP contribution in [0.3, 0.4) is 0 Å². The molecular formula is C18H20O6. The maximum Gasteiger partial charge on any atom is 0.374 e. The average molecular weight is 332 g/mol. The Labute approximate surface area is 140 Å². The summed E-state index contributed by atoms with van der Waals surface area (Å²) in [6.45, 7) is 1.18. The molecule has 6 nitrogen and oxygen atoms in total. The van der Waals surface area contributed by atoms with E-state index in [0.29, 0.717) is 17.3 Å². The normalized spacial score (nSPS) is 16.8. The van der Waals surface area contributed by atoms with E-state index in [0.717, 1.165) is 19.4 Å². The van der Waals surface area contributed by atoms with E-state index in [-0.39, 0.29) is 25.1 Å². The molecule has 1 saturated heterocycles. The lowest BCUT2D eigenvalue weighted by atomic mass is 10.2. The third-order valence-corrected chi connectivity index (χ3v) is 3.73. The third-order valence-electron chi connectivity index (χ3n) is 3.73. The van der Waals surface area contributed by atoms with Crippen molar-refractivity contribution in [1.29, 1.82) is 0 Å². The fourth-order valence-electron chi connectivity index (χ4n) is 2.47. The van der Waals surface area contributed by atoms with Crippen LogP contribution in [-0.4, -0.2) is 32.4 Å². The molecule has 1 atom stereocenters. The highest BCUT2D eigenvalue weighted by molar-refractivity contribution is 5.86. The van der Waals surface area contributed by atoms with Crippen molar-refractivity contribution in [3.05, 3.63) is 47.9 Å². The van der Waals surface area contributed by atoms with Crippen LogP contribution in [-0.2, 0) is 16.1 Å². The van der Waals surface area contributed by atoms with Crippen LogP contribution < -0.4 is 9.47 Å². The molecule has 0 aliphatic carbocycles. The van der Waals surface area contributed by atoms with Gasteiger partial charge in [0.1, 0.15) is 19.0 Å². The second-order valence-corrected chi connectivity index (χ2v) is 5.44. The minimum absolute atomic E-state index is 0.00254. The fourth-order valence-corrected chi connectivity index (χ4v) is 2.47. The number of rotatable bonds is 7. The van der Waals surface area contributed by atoms with Crippen LogP contribution in [0.1, 0.15) is 29.2 Å². The zero-order chi connectivity index (χ0) is 16.8. The van der Waals surface area contributed by atoms with Gasteiger partial charge in [0.25, 0.3) is 0 Å². The molecule has 6 heteroatoms. The van der Waals surface area contributed by atoms with Gasteiger partial charge in [-0.05, 0) is 37.1 Å². The van der Waals surface area contributed by atoms with Crippen LogP contribution in [0.15, 0.2) is 40.8 Å². The van der Waals surface area contributed by atoms with Crippen molar-refractivity contribution in [3.8, 4) is 11.5 Å². The van der Waals surface area contributed by atoms with Crippen LogP contribution in [0, 0.1) is 0 Å². The quantitative estimate of drug-likeness (QED) is 0.725. The van der Waals surface area contributed by atoms with E-state index in [2.05, 4.69) is 0 Å². The molecule has 1 aliphatic rings. The average Bonchev–Trinajstić information content (AvgIpc) is 3.30. The number of hydrogen-bond donors (Lipinski definition) is 0. The number of carbonyl (C=O) groups excluding carboxylic acids is 1. The third kappa shape index (κ3) is 4.08. The standard InChI is InChI=1S/C18H20O6/c1-20-15-6-2-3-7-16(15)22-12-14-8-9-17(24-14)18(19)23-11-13-5-4-10-21-13/h2-3,6-9,13H,4-5,10-12H2,1H3/t13-/m1/s1. The minimum Gasteiger partial charge on any atom is -0.493 e. The number of ether oxygens (including phenoxy) is 4. The highest BCUT2D eigenvalue weighted by atomic mass is 16.6. The number of benzene rings is 1. The first-order valence-electron chi connectivity index (χ1n) is 7.89. The van der Waals surface area contributed by atoms with Gasteiger partial charge in [-0.3, -0.25) is 0 Å². The smallest absolute Gasteiger partial charge is 0.374 e. The van der Waals surface area contributed by atoms with Gasteiger partial charge >= 0.3 is 5.97 Å². The van der Waals surface area contributed by atoms with Crippen molar-refractivity contribution in [3.63, 3.8) is 0 Å². The number of para-hydroxylation sites is 2. The number of esters is 1. The van der Waals surface area contributed by atoms with E-state index < -0.39 is 5.97 Å². The van der Waals surface area contributed by atoms with Crippen LogP contribution in [0.4, 0.5) is 0 Å². The predicted octanol–water partition coefficient (Wildman–Crippen LogP) is 3.20. The van der Waals surface area contributed by atoms with Crippen molar-refractivity contribution in [2.75, 3.05) is 20.3 Å². The molecule has 0 amide bonds. The van der Waals surface area contributed by atoms with E-state index in [4.69, 9.17) is 23.4 Å². The summed E-state index contributed by atoms with van der Waals surface area (Å²) in [5.74, 6) is 1.45. The second kappa shape index (κ2) is 7.88. The summed E-state index contributed by atoms with van der Waals surface area (Å²) in [5, 5.41) is 0. The van der Waals surface area contributed by atoms with Gasteiger partial charge in [-0.25, -0.2) is 4.79 Å². The van der Waals surface area contributed by atoms with Gasteiger partial charge in [-0.1, -0.05) is 12.1 Å². The van der Waals surface area contributed by atoms with Crippen molar-refractivity contribution in [2.45, 2.75) is 25.6 Å². The van der Waals surface area contributed by atoms with Crippen molar-refractivity contribution in [1.82, 2.24) is 0 Å². The molecule has 1 aromatic heterocycles. The van der Waals surface area contributed by atoms with E-state index >= 15 is 0 Å². The summed E-state index contributed by atoms with van der Waals surface area (Å²) in [5.41, 5.74) is 0.